The van der Waals surface area contributed by atoms with Crippen LogP contribution in [0.1, 0.15) is 13.8 Å². The second-order valence-corrected chi connectivity index (χ2v) is 5.26. The summed E-state index contributed by atoms with van der Waals surface area (Å²) in [5.41, 5.74) is 0. The molecular weight excluding hydrogens is 303 g/mol. The molecule has 0 spiro atoms. The summed E-state index contributed by atoms with van der Waals surface area (Å²) in [5, 5.41) is 0.696. The average molecular weight is 317 g/mol. The third kappa shape index (κ3) is 6.59. The van der Waals surface area contributed by atoms with Gasteiger partial charge in [0.2, 0.25) is 0 Å². The first-order chi connectivity index (χ1) is 9.36. The number of rotatable bonds is 5. The first-order valence-electron chi connectivity index (χ1n) is 5.89. The van der Waals surface area contributed by atoms with E-state index in [9.17, 15) is 9.59 Å². The fourth-order valence-corrected chi connectivity index (χ4v) is 1.68. The Morgan fingerprint density at radius 2 is 1.65 bits per heavy atom. The largest absolute Gasteiger partial charge is 0.462 e. The zero-order valence-corrected chi connectivity index (χ0v) is 12.6. The lowest BCUT2D eigenvalue weighted by atomic mass is 10.2. The predicted molar refractivity (Wildman–Crippen MR) is 77.0 cm³/mol. The van der Waals surface area contributed by atoms with Gasteiger partial charge < -0.3 is 9.47 Å². The molecule has 20 heavy (non-hydrogen) atoms. The topological polar surface area (TPSA) is 52.6 Å². The van der Waals surface area contributed by atoms with Crippen LogP contribution in [0.4, 0.5) is 0 Å². The summed E-state index contributed by atoms with van der Waals surface area (Å²) in [6.45, 7) is 4.12. The number of halogens is 2. The molecule has 0 heterocycles. The molecule has 0 fully saturated rings. The van der Waals surface area contributed by atoms with Gasteiger partial charge in [0, 0.05) is 22.2 Å². The van der Waals surface area contributed by atoms with Crippen molar-refractivity contribution in [2.75, 3.05) is 6.61 Å². The van der Waals surface area contributed by atoms with Gasteiger partial charge in [0.25, 0.3) is 0 Å². The van der Waals surface area contributed by atoms with E-state index in [0.29, 0.717) is 16.7 Å². The van der Waals surface area contributed by atoms with Crippen LogP contribution in [0.25, 0.3) is 0 Å². The number of hydrogen-bond donors (Lipinski definition) is 0. The SMILES string of the molecule is CC(C)COC(=O)/C=C/C(=O)Oc1cc(Cl)cc(Cl)c1. The fourth-order valence-electron chi connectivity index (χ4n) is 1.17. The Labute approximate surface area is 127 Å². The summed E-state index contributed by atoms with van der Waals surface area (Å²) < 4.78 is 9.82. The van der Waals surface area contributed by atoms with Crippen LogP contribution in [-0.4, -0.2) is 18.5 Å². The Bertz CT molecular complexity index is 504. The van der Waals surface area contributed by atoms with Gasteiger partial charge in [-0.1, -0.05) is 37.0 Å². The van der Waals surface area contributed by atoms with E-state index in [-0.39, 0.29) is 11.7 Å². The minimum atomic E-state index is -0.718. The first kappa shape index (κ1) is 16.5. The van der Waals surface area contributed by atoms with Crippen LogP contribution in [0, 0.1) is 5.92 Å². The molecule has 0 aromatic heterocycles. The maximum absolute atomic E-state index is 11.5. The van der Waals surface area contributed by atoms with Gasteiger partial charge in [-0.15, -0.1) is 0 Å². The highest BCUT2D eigenvalue weighted by molar-refractivity contribution is 6.34. The summed E-state index contributed by atoms with van der Waals surface area (Å²) in [7, 11) is 0. The highest BCUT2D eigenvalue weighted by atomic mass is 35.5. The van der Waals surface area contributed by atoms with Crippen molar-refractivity contribution in [1.82, 2.24) is 0 Å². The van der Waals surface area contributed by atoms with Crippen LogP contribution in [0.15, 0.2) is 30.4 Å². The molecule has 0 N–H and O–H groups in total. The number of ether oxygens (including phenoxy) is 2. The van der Waals surface area contributed by atoms with Gasteiger partial charge in [-0.25, -0.2) is 9.59 Å². The standard InChI is InChI=1S/C14H14Cl2O4/c1-9(2)8-19-13(17)3-4-14(18)20-12-6-10(15)5-11(16)7-12/h3-7,9H,8H2,1-2H3/b4-3+. The zero-order chi connectivity index (χ0) is 15.1. The molecule has 0 atom stereocenters. The molecule has 108 valence electrons. The number of hydrogen-bond acceptors (Lipinski definition) is 4. The van der Waals surface area contributed by atoms with Crippen LogP contribution >= 0.6 is 23.2 Å². The summed E-state index contributed by atoms with van der Waals surface area (Å²) in [4.78, 5) is 22.7. The molecule has 6 heteroatoms. The van der Waals surface area contributed by atoms with Crippen molar-refractivity contribution in [2.45, 2.75) is 13.8 Å². The van der Waals surface area contributed by atoms with E-state index >= 15 is 0 Å². The third-order valence-corrected chi connectivity index (χ3v) is 2.41. The molecule has 1 aromatic carbocycles. The maximum Gasteiger partial charge on any atom is 0.336 e. The lowest BCUT2D eigenvalue weighted by Crippen LogP contribution is -2.09. The predicted octanol–water partition coefficient (Wildman–Crippen LogP) is 3.65. The second-order valence-electron chi connectivity index (χ2n) is 4.38. The lowest BCUT2D eigenvalue weighted by Gasteiger charge is -2.04. The Kier molecular flexibility index (Phi) is 6.55. The number of carbonyl (C=O) groups is 2. The van der Waals surface area contributed by atoms with E-state index in [1.54, 1.807) is 0 Å². The van der Waals surface area contributed by atoms with E-state index < -0.39 is 11.9 Å². The summed E-state index contributed by atoms with van der Waals surface area (Å²) in [5.74, 6) is -0.884. The number of carbonyl (C=O) groups excluding carboxylic acids is 2. The molecule has 0 aliphatic rings. The Morgan fingerprint density at radius 3 is 2.20 bits per heavy atom. The van der Waals surface area contributed by atoms with E-state index in [2.05, 4.69) is 0 Å². The summed E-state index contributed by atoms with van der Waals surface area (Å²) >= 11 is 11.5. The van der Waals surface area contributed by atoms with Gasteiger partial charge in [-0.3, -0.25) is 0 Å². The van der Waals surface area contributed by atoms with Crippen molar-refractivity contribution in [3.8, 4) is 5.75 Å². The first-order valence-corrected chi connectivity index (χ1v) is 6.65. The van der Waals surface area contributed by atoms with E-state index in [1.807, 2.05) is 13.8 Å². The van der Waals surface area contributed by atoms with Crippen LogP contribution in [-0.2, 0) is 14.3 Å². The molecule has 0 aliphatic carbocycles. The van der Waals surface area contributed by atoms with Gasteiger partial charge >= 0.3 is 11.9 Å². The Hall–Kier alpha value is -1.52. The molecule has 0 amide bonds. The summed E-state index contributed by atoms with van der Waals surface area (Å²) in [6, 6.07) is 4.39. The summed E-state index contributed by atoms with van der Waals surface area (Å²) in [6.07, 6.45) is 1.99. The van der Waals surface area contributed by atoms with Crippen LogP contribution in [0.2, 0.25) is 10.0 Å². The monoisotopic (exact) mass is 316 g/mol. The molecular formula is C14H14Cl2O4. The smallest absolute Gasteiger partial charge is 0.336 e. The number of benzene rings is 1. The highest BCUT2D eigenvalue weighted by Gasteiger charge is 2.05. The molecule has 0 unspecified atom stereocenters. The molecule has 0 radical (unpaired) electrons. The Morgan fingerprint density at radius 1 is 1.10 bits per heavy atom. The van der Waals surface area contributed by atoms with Crippen molar-refractivity contribution >= 4 is 35.1 Å². The van der Waals surface area contributed by atoms with Gasteiger partial charge in [0.15, 0.2) is 0 Å². The van der Waals surface area contributed by atoms with Crippen molar-refractivity contribution in [3.63, 3.8) is 0 Å². The minimum absolute atomic E-state index is 0.202. The molecule has 0 saturated heterocycles. The van der Waals surface area contributed by atoms with Gasteiger partial charge in [0.05, 0.1) is 6.61 Å². The van der Waals surface area contributed by atoms with E-state index in [0.717, 1.165) is 12.2 Å². The Balaban J connectivity index is 2.52. The lowest BCUT2D eigenvalue weighted by molar-refractivity contribution is -0.139. The highest BCUT2D eigenvalue weighted by Crippen LogP contribution is 2.24. The molecule has 0 bridgehead atoms. The van der Waals surface area contributed by atoms with Crippen molar-refractivity contribution in [1.29, 1.82) is 0 Å². The minimum Gasteiger partial charge on any atom is -0.462 e. The molecule has 1 rings (SSSR count). The van der Waals surface area contributed by atoms with Gasteiger partial charge in [0.1, 0.15) is 5.75 Å². The molecule has 4 nitrogen and oxygen atoms in total. The van der Waals surface area contributed by atoms with Crippen molar-refractivity contribution < 1.29 is 19.1 Å². The fraction of sp³-hybridized carbons (Fsp3) is 0.286. The third-order valence-electron chi connectivity index (χ3n) is 1.97. The van der Waals surface area contributed by atoms with Crippen LogP contribution < -0.4 is 4.74 Å². The van der Waals surface area contributed by atoms with E-state index in [4.69, 9.17) is 32.7 Å². The number of esters is 2. The normalized spacial score (nSPS) is 10.8. The van der Waals surface area contributed by atoms with Crippen molar-refractivity contribution in [2.24, 2.45) is 5.92 Å². The zero-order valence-electron chi connectivity index (χ0n) is 11.1. The van der Waals surface area contributed by atoms with Crippen LogP contribution in [0.3, 0.4) is 0 Å². The van der Waals surface area contributed by atoms with Crippen molar-refractivity contribution in [3.05, 3.63) is 40.4 Å². The van der Waals surface area contributed by atoms with Gasteiger partial charge in [-0.05, 0) is 24.1 Å². The molecule has 0 saturated carbocycles. The van der Waals surface area contributed by atoms with E-state index in [1.165, 1.54) is 18.2 Å². The molecule has 1 aromatic rings. The average Bonchev–Trinajstić information content (AvgIpc) is 2.32. The quantitative estimate of drug-likeness (QED) is 0.472. The second kappa shape index (κ2) is 7.92. The van der Waals surface area contributed by atoms with Crippen LogP contribution in [0.5, 0.6) is 5.75 Å². The van der Waals surface area contributed by atoms with Gasteiger partial charge in [-0.2, -0.15) is 0 Å². The molecule has 0 aliphatic heterocycles. The maximum atomic E-state index is 11.5.